The highest BCUT2D eigenvalue weighted by Gasteiger charge is 2.16. The van der Waals surface area contributed by atoms with Gasteiger partial charge in [-0.05, 0) is 32.0 Å². The van der Waals surface area contributed by atoms with Crippen molar-refractivity contribution in [2.24, 2.45) is 5.73 Å². The molecule has 2 rings (SSSR count). The van der Waals surface area contributed by atoms with Gasteiger partial charge in [-0.3, -0.25) is 4.79 Å². The third kappa shape index (κ3) is 3.04. The van der Waals surface area contributed by atoms with Gasteiger partial charge in [0.25, 0.3) is 0 Å². The minimum Gasteiger partial charge on any atom is -0.345 e. The second-order valence-electron chi connectivity index (χ2n) is 4.85. The number of benzene rings is 1. The molecule has 90 valence electrons. The molecule has 1 heterocycles. The number of aromatic nitrogens is 2. The first-order valence-electron chi connectivity index (χ1n) is 5.46. The topological polar surface area (TPSA) is 83.8 Å². The molecule has 0 saturated carbocycles. The molecule has 4 N–H and O–H groups in total. The molecule has 0 aliphatic carbocycles. The Morgan fingerprint density at radius 1 is 1.53 bits per heavy atom. The van der Waals surface area contributed by atoms with Crippen molar-refractivity contribution in [1.29, 1.82) is 0 Å². The molecule has 0 aliphatic heterocycles. The number of carbonyl (C=O) groups excluding carboxylic acids is 1. The zero-order chi connectivity index (χ0) is 12.5. The Kier molecular flexibility index (Phi) is 2.85. The highest BCUT2D eigenvalue weighted by molar-refractivity contribution is 5.93. The molecule has 0 fully saturated rings. The van der Waals surface area contributed by atoms with Crippen LogP contribution < -0.4 is 11.1 Å². The molecule has 1 amide bonds. The van der Waals surface area contributed by atoms with Crippen LogP contribution in [0.25, 0.3) is 11.0 Å². The quantitative estimate of drug-likeness (QED) is 0.752. The van der Waals surface area contributed by atoms with Crippen molar-refractivity contribution in [2.45, 2.75) is 25.8 Å². The Morgan fingerprint density at radius 3 is 3.00 bits per heavy atom. The SMILES string of the molecule is CC(C)(N)CC(=O)Nc1ccc2nc[nH]c2c1. The van der Waals surface area contributed by atoms with Gasteiger partial charge in [-0.15, -0.1) is 0 Å². The normalized spacial score (nSPS) is 11.7. The van der Waals surface area contributed by atoms with Gasteiger partial charge in [-0.2, -0.15) is 0 Å². The van der Waals surface area contributed by atoms with Gasteiger partial charge in [-0.1, -0.05) is 0 Å². The van der Waals surface area contributed by atoms with Gasteiger partial charge in [0.15, 0.2) is 0 Å². The molecule has 0 atom stereocenters. The fourth-order valence-corrected chi connectivity index (χ4v) is 1.63. The van der Waals surface area contributed by atoms with Crippen molar-refractivity contribution in [2.75, 3.05) is 5.32 Å². The van der Waals surface area contributed by atoms with Crippen LogP contribution in [0.1, 0.15) is 20.3 Å². The maximum atomic E-state index is 11.7. The molecular formula is C12H16N4O. The number of H-pyrrole nitrogens is 1. The lowest BCUT2D eigenvalue weighted by Crippen LogP contribution is -2.36. The molecule has 0 spiro atoms. The summed E-state index contributed by atoms with van der Waals surface area (Å²) < 4.78 is 0. The molecule has 1 aromatic carbocycles. The predicted molar refractivity (Wildman–Crippen MR) is 67.6 cm³/mol. The first-order chi connectivity index (χ1) is 7.94. The zero-order valence-electron chi connectivity index (χ0n) is 9.95. The summed E-state index contributed by atoms with van der Waals surface area (Å²) in [4.78, 5) is 18.8. The summed E-state index contributed by atoms with van der Waals surface area (Å²) in [7, 11) is 0. The van der Waals surface area contributed by atoms with Gasteiger partial charge >= 0.3 is 0 Å². The van der Waals surface area contributed by atoms with Crippen LogP contribution in [0.5, 0.6) is 0 Å². The number of imidazole rings is 1. The molecular weight excluding hydrogens is 216 g/mol. The summed E-state index contributed by atoms with van der Waals surface area (Å²) in [6, 6.07) is 5.53. The Bertz CT molecular complexity index is 539. The number of anilines is 1. The first kappa shape index (κ1) is 11.6. The number of carbonyl (C=O) groups is 1. The number of aromatic amines is 1. The average Bonchev–Trinajstić information content (AvgIpc) is 2.61. The number of nitrogens with two attached hydrogens (primary N) is 1. The van der Waals surface area contributed by atoms with E-state index in [-0.39, 0.29) is 12.3 Å². The maximum absolute atomic E-state index is 11.7. The Labute approximate surface area is 99.4 Å². The number of nitrogens with one attached hydrogen (secondary N) is 2. The van der Waals surface area contributed by atoms with Crippen LogP contribution >= 0.6 is 0 Å². The van der Waals surface area contributed by atoms with E-state index in [9.17, 15) is 4.79 Å². The van der Waals surface area contributed by atoms with Crippen molar-refractivity contribution in [3.05, 3.63) is 24.5 Å². The van der Waals surface area contributed by atoms with Gasteiger partial charge in [0, 0.05) is 17.6 Å². The van der Waals surface area contributed by atoms with E-state index in [1.807, 2.05) is 32.0 Å². The summed E-state index contributed by atoms with van der Waals surface area (Å²) in [6.07, 6.45) is 1.91. The van der Waals surface area contributed by atoms with Crippen LogP contribution in [-0.2, 0) is 4.79 Å². The smallest absolute Gasteiger partial charge is 0.226 e. The van der Waals surface area contributed by atoms with Gasteiger partial charge in [-0.25, -0.2) is 4.98 Å². The zero-order valence-corrected chi connectivity index (χ0v) is 9.95. The summed E-state index contributed by atoms with van der Waals surface area (Å²) in [6.45, 7) is 3.65. The molecule has 0 aliphatic rings. The van der Waals surface area contributed by atoms with Gasteiger partial charge in [0.1, 0.15) is 0 Å². The Hall–Kier alpha value is -1.88. The minimum atomic E-state index is -0.498. The van der Waals surface area contributed by atoms with Gasteiger partial charge in [0.2, 0.25) is 5.91 Å². The van der Waals surface area contributed by atoms with Crippen molar-refractivity contribution in [1.82, 2.24) is 9.97 Å². The standard InChI is InChI=1S/C12H16N4O/c1-12(2,13)6-11(17)16-8-3-4-9-10(5-8)15-7-14-9/h3-5,7H,6,13H2,1-2H3,(H,14,15)(H,16,17). The number of amides is 1. The largest absolute Gasteiger partial charge is 0.345 e. The number of nitrogens with zero attached hydrogens (tertiary/aromatic N) is 1. The van der Waals surface area contributed by atoms with E-state index < -0.39 is 5.54 Å². The van der Waals surface area contributed by atoms with Crippen LogP contribution in [0.2, 0.25) is 0 Å². The summed E-state index contributed by atoms with van der Waals surface area (Å²) in [5.74, 6) is -0.0867. The summed E-state index contributed by atoms with van der Waals surface area (Å²) >= 11 is 0. The monoisotopic (exact) mass is 232 g/mol. The number of hydrogen-bond acceptors (Lipinski definition) is 3. The fraction of sp³-hybridized carbons (Fsp3) is 0.333. The van der Waals surface area contributed by atoms with Gasteiger partial charge in [0.05, 0.1) is 17.4 Å². The lowest BCUT2D eigenvalue weighted by atomic mass is 10.0. The highest BCUT2D eigenvalue weighted by Crippen LogP contribution is 2.16. The van der Waals surface area contributed by atoms with Crippen LogP contribution in [0, 0.1) is 0 Å². The van der Waals surface area contributed by atoms with E-state index in [0.29, 0.717) is 0 Å². The third-order valence-corrected chi connectivity index (χ3v) is 2.32. The van der Waals surface area contributed by atoms with Crippen molar-refractivity contribution < 1.29 is 4.79 Å². The summed E-state index contributed by atoms with van der Waals surface area (Å²) in [5.41, 5.74) is 7.81. The number of rotatable bonds is 3. The molecule has 2 aromatic rings. The number of fused-ring (bicyclic) bond motifs is 1. The van der Waals surface area contributed by atoms with E-state index in [1.165, 1.54) is 0 Å². The molecule has 0 unspecified atom stereocenters. The molecule has 0 bridgehead atoms. The van der Waals surface area contributed by atoms with Crippen LogP contribution in [0.15, 0.2) is 24.5 Å². The second kappa shape index (κ2) is 4.18. The van der Waals surface area contributed by atoms with E-state index in [2.05, 4.69) is 15.3 Å². The van der Waals surface area contributed by atoms with E-state index in [1.54, 1.807) is 6.33 Å². The molecule has 5 nitrogen and oxygen atoms in total. The molecule has 17 heavy (non-hydrogen) atoms. The van der Waals surface area contributed by atoms with Gasteiger partial charge < -0.3 is 16.0 Å². The van der Waals surface area contributed by atoms with Crippen molar-refractivity contribution >= 4 is 22.6 Å². The molecule has 0 radical (unpaired) electrons. The Morgan fingerprint density at radius 2 is 2.29 bits per heavy atom. The van der Waals surface area contributed by atoms with Crippen molar-refractivity contribution in [3.63, 3.8) is 0 Å². The fourth-order valence-electron chi connectivity index (χ4n) is 1.63. The second-order valence-corrected chi connectivity index (χ2v) is 4.85. The van der Waals surface area contributed by atoms with E-state index in [0.717, 1.165) is 16.7 Å². The van der Waals surface area contributed by atoms with Crippen LogP contribution in [-0.4, -0.2) is 21.4 Å². The lowest BCUT2D eigenvalue weighted by molar-refractivity contribution is -0.117. The van der Waals surface area contributed by atoms with Crippen molar-refractivity contribution in [3.8, 4) is 0 Å². The Balaban J connectivity index is 2.10. The predicted octanol–water partition coefficient (Wildman–Crippen LogP) is 1.63. The maximum Gasteiger partial charge on any atom is 0.226 e. The third-order valence-electron chi connectivity index (χ3n) is 2.32. The molecule has 0 saturated heterocycles. The average molecular weight is 232 g/mol. The molecule has 5 heteroatoms. The first-order valence-corrected chi connectivity index (χ1v) is 5.46. The molecule has 1 aromatic heterocycles. The highest BCUT2D eigenvalue weighted by atomic mass is 16.1. The van der Waals surface area contributed by atoms with Crippen LogP contribution in [0.3, 0.4) is 0 Å². The van der Waals surface area contributed by atoms with E-state index >= 15 is 0 Å². The van der Waals surface area contributed by atoms with E-state index in [4.69, 9.17) is 5.73 Å². The number of hydrogen-bond donors (Lipinski definition) is 3. The lowest BCUT2D eigenvalue weighted by Gasteiger charge is -2.17. The van der Waals surface area contributed by atoms with Crippen LogP contribution in [0.4, 0.5) is 5.69 Å². The summed E-state index contributed by atoms with van der Waals surface area (Å²) in [5, 5.41) is 2.81. The minimum absolute atomic E-state index is 0.0867.